The predicted octanol–water partition coefficient (Wildman–Crippen LogP) is 4.06. The molecule has 1 unspecified atom stereocenters. The summed E-state index contributed by atoms with van der Waals surface area (Å²) < 4.78 is 0. The van der Waals surface area contributed by atoms with Gasteiger partial charge in [-0.2, -0.15) is 0 Å². The van der Waals surface area contributed by atoms with Crippen molar-refractivity contribution in [2.24, 2.45) is 11.3 Å². The Kier molecular flexibility index (Phi) is 3.99. The van der Waals surface area contributed by atoms with Gasteiger partial charge in [0.2, 0.25) is 0 Å². The van der Waals surface area contributed by atoms with E-state index in [1.165, 1.54) is 12.8 Å². The van der Waals surface area contributed by atoms with Gasteiger partial charge in [0, 0.05) is 5.41 Å². The van der Waals surface area contributed by atoms with Gasteiger partial charge in [-0.05, 0) is 20.3 Å². The molecule has 0 aromatic carbocycles. The van der Waals surface area contributed by atoms with Crippen molar-refractivity contribution in [3.8, 4) is 0 Å². The maximum Gasteiger partial charge on any atom is 0.102 e. The molecule has 0 saturated heterocycles. The molecule has 0 fully saturated rings. The second-order valence-corrected chi connectivity index (χ2v) is 4.26. The van der Waals surface area contributed by atoms with Crippen LogP contribution >= 0.6 is 0 Å². The molecule has 0 radical (unpaired) electrons. The summed E-state index contributed by atoms with van der Waals surface area (Å²) >= 11 is 0. The zero-order chi connectivity index (χ0) is 9.07. The Morgan fingerprint density at radius 2 is 1.73 bits per heavy atom. The minimum absolute atomic E-state index is 0.486. The van der Waals surface area contributed by atoms with Gasteiger partial charge in [-0.25, -0.2) is 0 Å². The molecule has 0 N–H and O–H groups in total. The topological polar surface area (TPSA) is 0 Å². The molecule has 0 bridgehead atoms. The zero-order valence-corrected chi connectivity index (χ0v) is 8.99. The van der Waals surface area contributed by atoms with Crippen molar-refractivity contribution in [1.82, 2.24) is 0 Å². The van der Waals surface area contributed by atoms with E-state index in [2.05, 4.69) is 41.5 Å². The Balaban J connectivity index is 4.10. The van der Waals surface area contributed by atoms with Gasteiger partial charge in [0.05, 0.1) is 19.3 Å². The van der Waals surface area contributed by atoms with Crippen LogP contribution in [0.1, 0.15) is 54.4 Å². The third-order valence-corrected chi connectivity index (χ3v) is 3.38. The molecule has 0 aromatic heterocycles. The van der Waals surface area contributed by atoms with Gasteiger partial charge in [-0.15, -0.1) is 0 Å². The lowest BCUT2D eigenvalue weighted by Crippen LogP contribution is -2.24. The largest absolute Gasteiger partial charge is 0.102 e. The van der Waals surface area contributed by atoms with Crippen LogP contribution in [0.3, 0.4) is 0 Å². The van der Waals surface area contributed by atoms with Crippen molar-refractivity contribution in [2.75, 3.05) is 0 Å². The van der Waals surface area contributed by atoms with Crippen molar-refractivity contribution < 1.29 is 0 Å². The summed E-state index contributed by atoms with van der Waals surface area (Å²) in [5.74, 6) is 2.40. The minimum Gasteiger partial charge on any atom is -0.0647 e. The lowest BCUT2D eigenvalue weighted by atomic mass is 9.71. The second-order valence-electron chi connectivity index (χ2n) is 4.26. The first-order valence-electron chi connectivity index (χ1n) is 4.78. The molecular formula is C11H23+. The zero-order valence-electron chi connectivity index (χ0n) is 8.99. The van der Waals surface area contributed by atoms with Crippen LogP contribution in [-0.4, -0.2) is 0 Å². The van der Waals surface area contributed by atoms with Crippen LogP contribution in [0.4, 0.5) is 0 Å². The van der Waals surface area contributed by atoms with E-state index in [0.29, 0.717) is 5.41 Å². The quantitative estimate of drug-likeness (QED) is 0.537. The molecule has 0 heterocycles. The van der Waals surface area contributed by atoms with Gasteiger partial charge in [-0.1, -0.05) is 20.8 Å². The molecule has 0 aromatic rings. The molecule has 0 aliphatic rings. The summed E-state index contributed by atoms with van der Waals surface area (Å²) in [6, 6.07) is 0. The Morgan fingerprint density at radius 3 is 2.00 bits per heavy atom. The van der Waals surface area contributed by atoms with Gasteiger partial charge in [0.25, 0.3) is 0 Å². The van der Waals surface area contributed by atoms with Gasteiger partial charge >= 0.3 is 0 Å². The highest BCUT2D eigenvalue weighted by Crippen LogP contribution is 2.37. The summed E-state index contributed by atoms with van der Waals surface area (Å²) in [4.78, 5) is 0. The third kappa shape index (κ3) is 2.76. The number of rotatable bonds is 4. The summed E-state index contributed by atoms with van der Waals surface area (Å²) in [5, 5.41) is 0. The summed E-state index contributed by atoms with van der Waals surface area (Å²) in [6.45, 7) is 13.9. The summed E-state index contributed by atoms with van der Waals surface area (Å²) in [7, 11) is 0. The van der Waals surface area contributed by atoms with Crippen LogP contribution in [0.2, 0.25) is 0 Å². The predicted molar refractivity (Wildman–Crippen MR) is 52.4 cm³/mol. The SMILES string of the molecule is CC[C+](C)C(C)C(C)(C)CC. The average molecular weight is 155 g/mol. The maximum atomic E-state index is 2.36. The molecule has 0 amide bonds. The van der Waals surface area contributed by atoms with Crippen LogP contribution in [0.15, 0.2) is 0 Å². The Labute approximate surface area is 72.4 Å². The molecule has 0 aliphatic carbocycles. The van der Waals surface area contributed by atoms with E-state index < -0.39 is 0 Å². The van der Waals surface area contributed by atoms with Crippen LogP contribution in [0.5, 0.6) is 0 Å². The molecule has 1 atom stereocenters. The monoisotopic (exact) mass is 155 g/mol. The summed E-state index contributed by atoms with van der Waals surface area (Å²) in [6.07, 6.45) is 2.50. The van der Waals surface area contributed by atoms with Crippen molar-refractivity contribution >= 4 is 0 Å². The normalized spacial score (nSPS) is 14.7. The molecule has 11 heavy (non-hydrogen) atoms. The highest BCUT2D eigenvalue weighted by molar-refractivity contribution is 4.95. The Hall–Kier alpha value is -0.130. The van der Waals surface area contributed by atoms with Crippen molar-refractivity contribution in [3.05, 3.63) is 5.92 Å². The minimum atomic E-state index is 0.486. The van der Waals surface area contributed by atoms with E-state index in [-0.39, 0.29) is 0 Å². The van der Waals surface area contributed by atoms with Crippen molar-refractivity contribution in [1.29, 1.82) is 0 Å². The fourth-order valence-electron chi connectivity index (χ4n) is 1.28. The fourth-order valence-corrected chi connectivity index (χ4v) is 1.28. The smallest absolute Gasteiger partial charge is 0.0647 e. The van der Waals surface area contributed by atoms with E-state index in [1.807, 2.05) is 0 Å². The molecule has 0 heteroatoms. The first-order valence-corrected chi connectivity index (χ1v) is 4.78. The highest BCUT2D eigenvalue weighted by atomic mass is 14.3. The average Bonchev–Trinajstić information content (AvgIpc) is 2.01. The van der Waals surface area contributed by atoms with Crippen molar-refractivity contribution in [2.45, 2.75) is 54.4 Å². The van der Waals surface area contributed by atoms with Gasteiger partial charge in [-0.3, -0.25) is 0 Å². The lowest BCUT2D eigenvalue weighted by molar-refractivity contribution is 0.228. The number of hydrogen-bond acceptors (Lipinski definition) is 0. The molecule has 0 rings (SSSR count). The lowest BCUT2D eigenvalue weighted by Gasteiger charge is -2.27. The first-order chi connectivity index (χ1) is 4.95. The molecular weight excluding hydrogens is 132 g/mol. The molecule has 0 spiro atoms. The second kappa shape index (κ2) is 4.04. The summed E-state index contributed by atoms with van der Waals surface area (Å²) in [5.41, 5.74) is 0.486. The highest BCUT2D eigenvalue weighted by Gasteiger charge is 2.34. The third-order valence-electron chi connectivity index (χ3n) is 3.38. The first kappa shape index (κ1) is 10.9. The molecule has 66 valence electrons. The van der Waals surface area contributed by atoms with E-state index in [4.69, 9.17) is 0 Å². The fraction of sp³-hybridized carbons (Fsp3) is 0.909. The van der Waals surface area contributed by atoms with E-state index >= 15 is 0 Å². The van der Waals surface area contributed by atoms with Crippen molar-refractivity contribution in [3.63, 3.8) is 0 Å². The maximum absolute atomic E-state index is 2.36. The van der Waals surface area contributed by atoms with Crippen LogP contribution in [-0.2, 0) is 0 Å². The van der Waals surface area contributed by atoms with E-state index in [9.17, 15) is 0 Å². The van der Waals surface area contributed by atoms with E-state index in [1.54, 1.807) is 5.92 Å². The Morgan fingerprint density at radius 1 is 1.27 bits per heavy atom. The van der Waals surface area contributed by atoms with Gasteiger partial charge in [0.15, 0.2) is 0 Å². The van der Waals surface area contributed by atoms with E-state index in [0.717, 1.165) is 5.92 Å². The molecule has 0 nitrogen and oxygen atoms in total. The van der Waals surface area contributed by atoms with Gasteiger partial charge in [0.1, 0.15) is 5.92 Å². The van der Waals surface area contributed by atoms with Crippen LogP contribution < -0.4 is 0 Å². The Bertz CT molecular complexity index is 103. The molecule has 0 aliphatic heterocycles. The number of hydrogen-bond donors (Lipinski definition) is 0. The van der Waals surface area contributed by atoms with Crippen LogP contribution in [0.25, 0.3) is 0 Å². The standard InChI is InChI=1S/C11H23/c1-7-9(3)10(4)11(5,6)8-2/h10H,7-8H2,1-6H3/q+1. The van der Waals surface area contributed by atoms with Crippen LogP contribution in [0, 0.1) is 17.3 Å². The van der Waals surface area contributed by atoms with Gasteiger partial charge < -0.3 is 0 Å². The molecule has 0 saturated carbocycles.